The molecule has 0 radical (unpaired) electrons. The molecule has 2 aromatic rings. The van der Waals surface area contributed by atoms with Crippen LogP contribution in [0, 0.1) is 0 Å². The molecule has 0 aliphatic rings. The molecule has 0 saturated heterocycles. The average molecular weight is 412 g/mol. The first-order valence-corrected chi connectivity index (χ1v) is 12.2. The van der Waals surface area contributed by atoms with Gasteiger partial charge in [0.1, 0.15) is 5.75 Å². The van der Waals surface area contributed by atoms with Crippen LogP contribution in [0.1, 0.15) is 101 Å². The average Bonchev–Trinajstić information content (AvgIpc) is 2.77. The van der Waals surface area contributed by atoms with Gasteiger partial charge in [-0.2, -0.15) is 0 Å². The molecule has 30 heavy (non-hydrogen) atoms. The summed E-state index contributed by atoms with van der Waals surface area (Å²) in [5.41, 5.74) is 0.436. The van der Waals surface area contributed by atoms with Gasteiger partial charge in [0.15, 0.2) is 0 Å². The van der Waals surface area contributed by atoms with Crippen molar-refractivity contribution in [1.82, 2.24) is 4.90 Å². The zero-order valence-corrected chi connectivity index (χ0v) is 19.2. The maximum absolute atomic E-state index is 13.3. The van der Waals surface area contributed by atoms with Crippen LogP contribution in [0.3, 0.4) is 0 Å². The monoisotopic (exact) mass is 411 g/mol. The zero-order valence-electron chi connectivity index (χ0n) is 19.2. The Balaban J connectivity index is 2.00. The Bertz CT molecular complexity index is 740. The molecule has 0 bridgehead atoms. The zero-order chi connectivity index (χ0) is 21.6. The summed E-state index contributed by atoms with van der Waals surface area (Å²) in [6.07, 6.45) is 14.6. The lowest BCUT2D eigenvalue weighted by atomic mass is 10.0. The molecule has 0 aliphatic heterocycles. The van der Waals surface area contributed by atoms with Crippen LogP contribution in [0.5, 0.6) is 5.75 Å². The van der Waals surface area contributed by atoms with Gasteiger partial charge in [0.05, 0.1) is 5.56 Å². The summed E-state index contributed by atoms with van der Waals surface area (Å²) in [6, 6.07) is 11.4. The van der Waals surface area contributed by atoms with E-state index in [2.05, 4.69) is 13.8 Å². The predicted octanol–water partition coefficient (Wildman–Crippen LogP) is 7.71. The second kappa shape index (κ2) is 14.1. The first-order chi connectivity index (χ1) is 14.7. The number of fused-ring (bicyclic) bond motifs is 1. The molecule has 0 aromatic heterocycles. The number of rotatable bonds is 15. The number of hydrogen-bond acceptors (Lipinski definition) is 2. The Morgan fingerprint density at radius 3 is 1.87 bits per heavy atom. The second-order valence-corrected chi connectivity index (χ2v) is 8.51. The van der Waals surface area contributed by atoms with Gasteiger partial charge in [-0.3, -0.25) is 4.79 Å². The van der Waals surface area contributed by atoms with E-state index < -0.39 is 0 Å². The van der Waals surface area contributed by atoms with Crippen LogP contribution in [-0.2, 0) is 0 Å². The molecule has 2 rings (SSSR count). The lowest BCUT2D eigenvalue weighted by molar-refractivity contribution is 0.0746. The third-order valence-corrected chi connectivity index (χ3v) is 5.98. The maximum atomic E-state index is 13.3. The number of carbonyl (C=O) groups excluding carboxylic acids is 1. The van der Waals surface area contributed by atoms with Crippen molar-refractivity contribution in [1.29, 1.82) is 0 Å². The fourth-order valence-electron chi connectivity index (χ4n) is 4.08. The molecule has 166 valence electrons. The van der Waals surface area contributed by atoms with Crippen molar-refractivity contribution in [3.63, 3.8) is 0 Å². The summed E-state index contributed by atoms with van der Waals surface area (Å²) in [7, 11) is 0. The van der Waals surface area contributed by atoms with Crippen LogP contribution in [0.2, 0.25) is 0 Å². The lowest BCUT2D eigenvalue weighted by Crippen LogP contribution is -2.33. The van der Waals surface area contributed by atoms with E-state index in [9.17, 15) is 9.90 Å². The van der Waals surface area contributed by atoms with Crippen molar-refractivity contribution in [2.24, 2.45) is 0 Å². The van der Waals surface area contributed by atoms with E-state index in [1.54, 1.807) is 6.07 Å². The molecular weight excluding hydrogens is 370 g/mol. The van der Waals surface area contributed by atoms with Gasteiger partial charge < -0.3 is 10.0 Å². The number of unbranched alkanes of at least 4 members (excludes halogenated alkanes) is 10. The highest BCUT2D eigenvalue weighted by Crippen LogP contribution is 2.29. The van der Waals surface area contributed by atoms with Crippen LogP contribution >= 0.6 is 0 Å². The molecule has 1 amide bonds. The predicted molar refractivity (Wildman–Crippen MR) is 128 cm³/mol. The summed E-state index contributed by atoms with van der Waals surface area (Å²) in [6.45, 7) is 6.03. The fraction of sp³-hybridized carbons (Fsp3) is 0.593. The molecule has 1 N–H and O–H groups in total. The summed E-state index contributed by atoms with van der Waals surface area (Å²) in [5, 5.41) is 12.5. The van der Waals surface area contributed by atoms with Gasteiger partial charge >= 0.3 is 0 Å². The summed E-state index contributed by atoms with van der Waals surface area (Å²) >= 11 is 0. The van der Waals surface area contributed by atoms with Crippen LogP contribution in [0.25, 0.3) is 10.8 Å². The van der Waals surface area contributed by atoms with E-state index in [0.29, 0.717) is 5.56 Å². The van der Waals surface area contributed by atoms with Crippen LogP contribution in [0.4, 0.5) is 0 Å². The molecule has 3 heteroatoms. The largest absolute Gasteiger partial charge is 0.506 e. The number of benzene rings is 2. The molecule has 0 saturated carbocycles. The van der Waals surface area contributed by atoms with Gasteiger partial charge in [0.25, 0.3) is 5.91 Å². The summed E-state index contributed by atoms with van der Waals surface area (Å²) < 4.78 is 0. The SMILES string of the molecule is CCCCCCCCN(CCCCCCCC)C(=O)c1ccc2ccccc2c1O. The van der Waals surface area contributed by atoms with Crippen molar-refractivity contribution in [3.8, 4) is 5.75 Å². The second-order valence-electron chi connectivity index (χ2n) is 8.51. The number of aromatic hydroxyl groups is 1. The van der Waals surface area contributed by atoms with Crippen LogP contribution in [-0.4, -0.2) is 29.0 Å². The van der Waals surface area contributed by atoms with Gasteiger partial charge in [-0.15, -0.1) is 0 Å². The van der Waals surface area contributed by atoms with E-state index in [1.807, 2.05) is 35.2 Å². The third kappa shape index (κ3) is 7.66. The number of nitrogens with zero attached hydrogens (tertiary/aromatic N) is 1. The standard InChI is InChI=1S/C27H41NO2/c1-3-5-7-9-11-15-21-28(22-16-12-10-8-6-4-2)27(30)25-20-19-23-17-13-14-18-24(23)26(25)29/h13-14,17-20,29H,3-12,15-16,21-22H2,1-2H3. The van der Waals surface area contributed by atoms with Gasteiger partial charge in [-0.1, -0.05) is 108 Å². The molecule has 0 aliphatic carbocycles. The number of hydrogen-bond donors (Lipinski definition) is 1. The number of phenolic OH excluding ortho intramolecular Hbond substituents is 1. The van der Waals surface area contributed by atoms with Crippen molar-refractivity contribution in [3.05, 3.63) is 42.0 Å². The van der Waals surface area contributed by atoms with E-state index in [0.717, 1.165) is 36.7 Å². The van der Waals surface area contributed by atoms with Crippen molar-refractivity contribution in [2.75, 3.05) is 13.1 Å². The number of phenols is 1. The van der Waals surface area contributed by atoms with E-state index in [4.69, 9.17) is 0 Å². The minimum Gasteiger partial charge on any atom is -0.506 e. The first-order valence-electron chi connectivity index (χ1n) is 12.2. The van der Waals surface area contributed by atoms with Crippen molar-refractivity contribution >= 4 is 16.7 Å². The normalized spacial score (nSPS) is 11.1. The molecule has 3 nitrogen and oxygen atoms in total. The molecule has 0 unspecified atom stereocenters. The minimum absolute atomic E-state index is 0.0274. The Morgan fingerprint density at radius 1 is 0.733 bits per heavy atom. The molecular formula is C27H41NO2. The molecule has 0 atom stereocenters. The number of amides is 1. The topological polar surface area (TPSA) is 40.5 Å². The van der Waals surface area contributed by atoms with E-state index >= 15 is 0 Å². The highest BCUT2D eigenvalue weighted by atomic mass is 16.3. The van der Waals surface area contributed by atoms with Crippen molar-refractivity contribution in [2.45, 2.75) is 90.9 Å². The van der Waals surface area contributed by atoms with Crippen molar-refractivity contribution < 1.29 is 9.90 Å². The first kappa shape index (κ1) is 24.2. The van der Waals surface area contributed by atoms with E-state index in [-0.39, 0.29) is 11.7 Å². The lowest BCUT2D eigenvalue weighted by Gasteiger charge is -2.24. The Kier molecular flexibility index (Phi) is 11.4. The smallest absolute Gasteiger partial charge is 0.257 e. The molecule has 0 spiro atoms. The quantitative estimate of drug-likeness (QED) is 0.305. The maximum Gasteiger partial charge on any atom is 0.257 e. The Hall–Kier alpha value is -2.03. The molecule has 0 fully saturated rings. The fourth-order valence-corrected chi connectivity index (χ4v) is 4.08. The third-order valence-electron chi connectivity index (χ3n) is 5.98. The highest BCUT2D eigenvalue weighted by Gasteiger charge is 2.20. The van der Waals surface area contributed by atoms with Gasteiger partial charge in [-0.05, 0) is 24.3 Å². The van der Waals surface area contributed by atoms with E-state index in [1.165, 1.54) is 64.2 Å². The summed E-state index contributed by atoms with van der Waals surface area (Å²) in [4.78, 5) is 15.3. The van der Waals surface area contributed by atoms with Gasteiger partial charge in [0, 0.05) is 18.5 Å². The Morgan fingerprint density at radius 2 is 1.27 bits per heavy atom. The molecule has 2 aromatic carbocycles. The summed E-state index contributed by atoms with van der Waals surface area (Å²) in [5.74, 6) is 0.0920. The minimum atomic E-state index is -0.0274. The number of carbonyl (C=O) groups is 1. The Labute approximate surface area is 183 Å². The van der Waals surface area contributed by atoms with Crippen LogP contribution < -0.4 is 0 Å². The van der Waals surface area contributed by atoms with Gasteiger partial charge in [0.2, 0.25) is 0 Å². The highest BCUT2D eigenvalue weighted by molar-refractivity contribution is 6.03. The van der Waals surface area contributed by atoms with Gasteiger partial charge in [-0.25, -0.2) is 0 Å². The molecule has 0 heterocycles. The van der Waals surface area contributed by atoms with Crippen LogP contribution in [0.15, 0.2) is 36.4 Å².